The van der Waals surface area contributed by atoms with Gasteiger partial charge in [-0.05, 0) is 49.7 Å². The molecule has 4 aliphatic rings. The van der Waals surface area contributed by atoms with Gasteiger partial charge in [-0.15, -0.1) is 0 Å². The predicted molar refractivity (Wildman–Crippen MR) is 92.7 cm³/mol. The Bertz CT molecular complexity index is 740. The van der Waals surface area contributed by atoms with E-state index in [2.05, 4.69) is 33.1 Å². The van der Waals surface area contributed by atoms with E-state index in [-0.39, 0.29) is 5.60 Å². The molecule has 6 heterocycles. The zero-order chi connectivity index (χ0) is 16.0. The Labute approximate surface area is 142 Å². The minimum absolute atomic E-state index is 0.142. The molecule has 1 spiro atoms. The van der Waals surface area contributed by atoms with Gasteiger partial charge in [0.1, 0.15) is 5.60 Å². The molecule has 0 radical (unpaired) electrons. The molecule has 0 aromatic carbocycles. The maximum absolute atomic E-state index is 6.55. The summed E-state index contributed by atoms with van der Waals surface area (Å²) in [7, 11) is 0. The van der Waals surface area contributed by atoms with Crippen LogP contribution >= 0.6 is 0 Å². The largest absolute Gasteiger partial charge is 0.468 e. The standard InChI is InChI=1S/C20H21N3O/c1-2-16-14-20(24-19(16)22-9-1)17-7-12-23(13-8-17)18(20)4-3-15-5-10-21-11-6-15/h1-6,9-11,17-18H,7-8,12-14H2. The predicted octanol–water partition coefficient (Wildman–Crippen LogP) is 2.96. The number of fused-ring (bicyclic) bond motifs is 3. The summed E-state index contributed by atoms with van der Waals surface area (Å²) < 4.78 is 6.55. The molecule has 0 N–H and O–H groups in total. The van der Waals surface area contributed by atoms with Crippen molar-refractivity contribution in [2.75, 3.05) is 13.1 Å². The summed E-state index contributed by atoms with van der Waals surface area (Å²) >= 11 is 0. The number of hydrogen-bond donors (Lipinski definition) is 0. The zero-order valence-corrected chi connectivity index (χ0v) is 13.6. The van der Waals surface area contributed by atoms with Crippen molar-refractivity contribution in [1.82, 2.24) is 14.9 Å². The van der Waals surface area contributed by atoms with Gasteiger partial charge in [0.25, 0.3) is 0 Å². The lowest BCUT2D eigenvalue weighted by Gasteiger charge is -2.55. The first-order valence-electron chi connectivity index (χ1n) is 8.80. The number of ether oxygens (including phenoxy) is 1. The lowest BCUT2D eigenvalue weighted by atomic mass is 9.68. The smallest absolute Gasteiger partial charge is 0.217 e. The van der Waals surface area contributed by atoms with Gasteiger partial charge < -0.3 is 4.74 Å². The fourth-order valence-electron chi connectivity index (χ4n) is 4.74. The average Bonchev–Trinajstić information content (AvgIpc) is 3.02. The number of nitrogens with zero attached hydrogens (tertiary/aromatic N) is 3. The Morgan fingerprint density at radius 2 is 1.96 bits per heavy atom. The number of hydrogen-bond acceptors (Lipinski definition) is 4. The van der Waals surface area contributed by atoms with Crippen molar-refractivity contribution in [2.24, 2.45) is 5.92 Å². The van der Waals surface area contributed by atoms with Crippen molar-refractivity contribution < 1.29 is 4.74 Å². The topological polar surface area (TPSA) is 38.2 Å². The molecule has 2 unspecified atom stereocenters. The van der Waals surface area contributed by atoms with Crippen molar-refractivity contribution in [2.45, 2.75) is 30.9 Å². The Balaban J connectivity index is 1.51. The van der Waals surface area contributed by atoms with Crippen LogP contribution in [0.2, 0.25) is 0 Å². The first-order valence-corrected chi connectivity index (χ1v) is 8.80. The van der Waals surface area contributed by atoms with E-state index < -0.39 is 0 Å². The number of pyridine rings is 2. The van der Waals surface area contributed by atoms with Crippen molar-refractivity contribution in [3.63, 3.8) is 0 Å². The molecule has 2 bridgehead atoms. The summed E-state index contributed by atoms with van der Waals surface area (Å²) in [6, 6.07) is 8.59. The van der Waals surface area contributed by atoms with Gasteiger partial charge >= 0.3 is 0 Å². The molecule has 2 aromatic heterocycles. The van der Waals surface area contributed by atoms with Gasteiger partial charge in [0, 0.05) is 36.5 Å². The van der Waals surface area contributed by atoms with Crippen molar-refractivity contribution >= 4 is 6.08 Å². The quantitative estimate of drug-likeness (QED) is 0.853. The number of rotatable bonds is 2. The third-order valence-electron chi connectivity index (χ3n) is 5.90. The lowest BCUT2D eigenvalue weighted by molar-refractivity contribution is -0.111. The minimum Gasteiger partial charge on any atom is -0.468 e. The van der Waals surface area contributed by atoms with Crippen LogP contribution in [0.3, 0.4) is 0 Å². The molecular weight excluding hydrogens is 298 g/mol. The molecule has 2 atom stereocenters. The second-order valence-corrected chi connectivity index (χ2v) is 7.10. The van der Waals surface area contributed by atoms with Crippen LogP contribution in [0, 0.1) is 5.92 Å². The van der Waals surface area contributed by atoms with E-state index in [1.165, 1.54) is 37.1 Å². The second kappa shape index (κ2) is 5.42. The van der Waals surface area contributed by atoms with Gasteiger partial charge in [0.15, 0.2) is 0 Å². The van der Waals surface area contributed by atoms with E-state index in [0.717, 1.165) is 12.3 Å². The highest BCUT2D eigenvalue weighted by molar-refractivity contribution is 5.50. The highest BCUT2D eigenvalue weighted by Gasteiger charge is 2.57. The fraction of sp³-hybridized carbons (Fsp3) is 0.400. The van der Waals surface area contributed by atoms with Gasteiger partial charge in [-0.2, -0.15) is 0 Å². The molecule has 3 fully saturated rings. The van der Waals surface area contributed by atoms with E-state index in [1.54, 1.807) is 0 Å². The highest BCUT2D eigenvalue weighted by Crippen LogP contribution is 2.49. The van der Waals surface area contributed by atoms with E-state index in [4.69, 9.17) is 4.74 Å². The molecule has 24 heavy (non-hydrogen) atoms. The molecule has 4 nitrogen and oxygen atoms in total. The summed E-state index contributed by atoms with van der Waals surface area (Å²) in [4.78, 5) is 11.2. The highest BCUT2D eigenvalue weighted by atomic mass is 16.5. The fourth-order valence-corrected chi connectivity index (χ4v) is 4.74. The van der Waals surface area contributed by atoms with Crippen LogP contribution in [-0.4, -0.2) is 39.6 Å². The Kier molecular flexibility index (Phi) is 3.20. The average molecular weight is 319 g/mol. The molecule has 3 saturated heterocycles. The summed E-state index contributed by atoms with van der Waals surface area (Å²) in [6.07, 6.45) is 13.5. The Morgan fingerprint density at radius 1 is 1.12 bits per heavy atom. The molecule has 0 saturated carbocycles. The van der Waals surface area contributed by atoms with Crippen LogP contribution in [0.1, 0.15) is 24.0 Å². The molecule has 4 heteroatoms. The normalized spacial score (nSPS) is 33.8. The SMILES string of the molecule is C(=CC1N2CCC(CC2)C12Cc1cccnc1O2)c1ccncc1. The molecule has 122 valence electrons. The Morgan fingerprint density at radius 3 is 2.75 bits per heavy atom. The molecule has 0 amide bonds. The molecule has 6 rings (SSSR count). The third kappa shape index (κ3) is 2.09. The van der Waals surface area contributed by atoms with Gasteiger partial charge in [0.05, 0.1) is 6.04 Å². The maximum atomic E-state index is 6.55. The van der Waals surface area contributed by atoms with Crippen LogP contribution in [0.15, 0.2) is 48.9 Å². The second-order valence-electron chi connectivity index (χ2n) is 7.10. The zero-order valence-electron chi connectivity index (χ0n) is 13.6. The van der Waals surface area contributed by atoms with Crippen molar-refractivity contribution in [3.05, 3.63) is 60.1 Å². The van der Waals surface area contributed by atoms with Crippen LogP contribution < -0.4 is 4.74 Å². The summed E-state index contributed by atoms with van der Waals surface area (Å²) in [5, 5.41) is 0. The van der Waals surface area contributed by atoms with E-state index in [9.17, 15) is 0 Å². The number of piperidine rings is 3. The van der Waals surface area contributed by atoms with Crippen LogP contribution in [0.25, 0.3) is 6.08 Å². The molecule has 0 aliphatic carbocycles. The summed E-state index contributed by atoms with van der Waals surface area (Å²) in [5.41, 5.74) is 2.31. The van der Waals surface area contributed by atoms with Gasteiger partial charge in [0.2, 0.25) is 5.88 Å². The Hall–Kier alpha value is -2.20. The first-order chi connectivity index (χ1) is 11.9. The monoisotopic (exact) mass is 319 g/mol. The summed E-state index contributed by atoms with van der Waals surface area (Å²) in [6.45, 7) is 2.34. The van der Waals surface area contributed by atoms with Crippen LogP contribution in [0.4, 0.5) is 0 Å². The first kappa shape index (κ1) is 14.2. The molecule has 4 aliphatic heterocycles. The molecule has 2 aromatic rings. The molecular formula is C20H21N3O. The van der Waals surface area contributed by atoms with Crippen molar-refractivity contribution in [1.29, 1.82) is 0 Å². The van der Waals surface area contributed by atoms with E-state index in [0.29, 0.717) is 12.0 Å². The van der Waals surface area contributed by atoms with Crippen molar-refractivity contribution in [3.8, 4) is 5.88 Å². The third-order valence-corrected chi connectivity index (χ3v) is 5.90. The van der Waals surface area contributed by atoms with Crippen LogP contribution in [0.5, 0.6) is 5.88 Å². The van der Waals surface area contributed by atoms with Gasteiger partial charge in [-0.1, -0.05) is 18.2 Å². The lowest BCUT2D eigenvalue weighted by Crippen LogP contribution is -2.67. The van der Waals surface area contributed by atoms with Crippen LogP contribution in [-0.2, 0) is 6.42 Å². The summed E-state index contributed by atoms with van der Waals surface area (Å²) in [5.74, 6) is 1.46. The van der Waals surface area contributed by atoms with E-state index >= 15 is 0 Å². The minimum atomic E-state index is -0.142. The van der Waals surface area contributed by atoms with E-state index in [1.807, 2.05) is 36.8 Å². The van der Waals surface area contributed by atoms with Gasteiger partial charge in [-0.25, -0.2) is 4.98 Å². The number of aromatic nitrogens is 2. The maximum Gasteiger partial charge on any atom is 0.217 e. The van der Waals surface area contributed by atoms with Gasteiger partial charge in [-0.3, -0.25) is 9.88 Å².